The Balaban J connectivity index is 1.23. The molecule has 2 heteroatoms. The van der Waals surface area contributed by atoms with Crippen molar-refractivity contribution in [3.05, 3.63) is 121 Å². The van der Waals surface area contributed by atoms with E-state index in [4.69, 9.17) is 4.42 Å². The Bertz CT molecular complexity index is 2090. The third kappa shape index (κ3) is 2.85. The summed E-state index contributed by atoms with van der Waals surface area (Å²) in [6, 6.07) is 43.3. The van der Waals surface area contributed by atoms with Crippen molar-refractivity contribution in [3.63, 3.8) is 0 Å². The zero-order chi connectivity index (χ0) is 23.6. The lowest BCUT2D eigenvalue weighted by Gasteiger charge is -2.06. The normalized spacial score (nSPS) is 11.9. The van der Waals surface area contributed by atoms with Crippen molar-refractivity contribution in [2.75, 3.05) is 0 Å². The molecule has 0 aliphatic carbocycles. The molecule has 2 aromatic heterocycles. The first-order valence-electron chi connectivity index (χ1n) is 12.3. The van der Waals surface area contributed by atoms with E-state index in [1.165, 1.54) is 54.8 Å². The third-order valence-corrected chi connectivity index (χ3v) is 7.42. The SMILES string of the molecule is c1ccc2c(c1)ccc1[nH]c3ccc(-c4ccc(-c5ccc6oc7ccccc7c6c5)cc4)cc3c12. The van der Waals surface area contributed by atoms with Crippen LogP contribution in [0, 0.1) is 0 Å². The average molecular weight is 460 g/mol. The number of hydrogen-bond acceptors (Lipinski definition) is 1. The van der Waals surface area contributed by atoms with E-state index in [1.807, 2.05) is 12.1 Å². The maximum absolute atomic E-state index is 6.00. The summed E-state index contributed by atoms with van der Waals surface area (Å²) in [7, 11) is 0. The van der Waals surface area contributed by atoms with Crippen molar-refractivity contribution in [1.29, 1.82) is 0 Å². The number of fused-ring (bicyclic) bond motifs is 8. The van der Waals surface area contributed by atoms with E-state index in [-0.39, 0.29) is 0 Å². The molecule has 0 radical (unpaired) electrons. The van der Waals surface area contributed by atoms with Gasteiger partial charge in [-0.15, -0.1) is 0 Å². The molecule has 8 aromatic rings. The van der Waals surface area contributed by atoms with Crippen LogP contribution in [0.25, 0.3) is 76.8 Å². The van der Waals surface area contributed by atoms with E-state index < -0.39 is 0 Å². The van der Waals surface area contributed by atoms with Gasteiger partial charge in [-0.05, 0) is 69.4 Å². The Morgan fingerprint density at radius 3 is 1.86 bits per heavy atom. The van der Waals surface area contributed by atoms with Crippen LogP contribution in [0.1, 0.15) is 0 Å². The summed E-state index contributed by atoms with van der Waals surface area (Å²) in [4.78, 5) is 3.60. The van der Waals surface area contributed by atoms with Crippen molar-refractivity contribution in [1.82, 2.24) is 4.98 Å². The molecule has 2 nitrogen and oxygen atoms in total. The summed E-state index contributed by atoms with van der Waals surface area (Å²) in [5, 5.41) is 7.43. The van der Waals surface area contributed by atoms with Crippen LogP contribution in [0.15, 0.2) is 126 Å². The quantitative estimate of drug-likeness (QED) is 0.274. The Morgan fingerprint density at radius 2 is 1.03 bits per heavy atom. The summed E-state index contributed by atoms with van der Waals surface area (Å²) < 4.78 is 6.00. The Morgan fingerprint density at radius 1 is 0.417 bits per heavy atom. The van der Waals surface area contributed by atoms with Crippen LogP contribution in [0.5, 0.6) is 0 Å². The molecule has 8 rings (SSSR count). The molecule has 6 aromatic carbocycles. The fraction of sp³-hybridized carbons (Fsp3) is 0. The molecule has 0 spiro atoms. The number of hydrogen-bond donors (Lipinski definition) is 1. The summed E-state index contributed by atoms with van der Waals surface area (Å²) in [6.07, 6.45) is 0. The van der Waals surface area contributed by atoms with Crippen molar-refractivity contribution in [2.45, 2.75) is 0 Å². The van der Waals surface area contributed by atoms with Gasteiger partial charge in [0.2, 0.25) is 0 Å². The van der Waals surface area contributed by atoms with Gasteiger partial charge in [0.05, 0.1) is 0 Å². The van der Waals surface area contributed by atoms with Gasteiger partial charge in [0.15, 0.2) is 0 Å². The molecule has 0 atom stereocenters. The molecule has 1 N–H and O–H groups in total. The Kier molecular flexibility index (Phi) is 3.97. The van der Waals surface area contributed by atoms with Crippen LogP contribution in [0.2, 0.25) is 0 Å². The van der Waals surface area contributed by atoms with E-state index >= 15 is 0 Å². The molecule has 2 heterocycles. The minimum Gasteiger partial charge on any atom is -0.456 e. The maximum Gasteiger partial charge on any atom is 0.135 e. The summed E-state index contributed by atoms with van der Waals surface area (Å²) in [5.41, 5.74) is 9.03. The number of furan rings is 1. The van der Waals surface area contributed by atoms with Crippen molar-refractivity contribution < 1.29 is 4.42 Å². The van der Waals surface area contributed by atoms with Crippen LogP contribution < -0.4 is 0 Å². The van der Waals surface area contributed by atoms with Gasteiger partial charge in [0.25, 0.3) is 0 Å². The van der Waals surface area contributed by atoms with Crippen LogP contribution >= 0.6 is 0 Å². The van der Waals surface area contributed by atoms with Gasteiger partial charge < -0.3 is 9.40 Å². The lowest BCUT2D eigenvalue weighted by molar-refractivity contribution is 0.669. The summed E-state index contributed by atoms with van der Waals surface area (Å²) >= 11 is 0. The monoisotopic (exact) mass is 459 g/mol. The molecule has 0 bridgehead atoms. The fourth-order valence-corrected chi connectivity index (χ4v) is 5.61. The molecule has 0 unspecified atom stereocenters. The van der Waals surface area contributed by atoms with Crippen LogP contribution in [0.4, 0.5) is 0 Å². The predicted molar refractivity (Wildman–Crippen MR) is 151 cm³/mol. The summed E-state index contributed by atoms with van der Waals surface area (Å²) in [5.74, 6) is 0. The standard InChI is InChI=1S/C34H21NO/c1-2-6-26-23(5-1)13-17-31-34(26)29-20-24(14-16-30(29)35-31)21-9-11-22(12-10-21)25-15-18-33-28(19-25)27-7-3-4-8-32(27)36-33/h1-20,35H. The number of aromatic amines is 1. The van der Waals surface area contributed by atoms with E-state index in [0.29, 0.717) is 0 Å². The molecule has 0 saturated heterocycles. The number of aromatic nitrogens is 1. The van der Waals surface area contributed by atoms with Gasteiger partial charge in [0.1, 0.15) is 11.2 Å². The number of rotatable bonds is 2. The van der Waals surface area contributed by atoms with Gasteiger partial charge in [-0.2, -0.15) is 0 Å². The Labute approximate surface area is 207 Å². The molecule has 168 valence electrons. The molecule has 36 heavy (non-hydrogen) atoms. The second kappa shape index (κ2) is 7.34. The zero-order valence-corrected chi connectivity index (χ0v) is 19.5. The van der Waals surface area contributed by atoms with E-state index in [0.717, 1.165) is 21.9 Å². The fourth-order valence-electron chi connectivity index (χ4n) is 5.61. The second-order valence-corrected chi connectivity index (χ2v) is 9.48. The highest BCUT2D eigenvalue weighted by Crippen LogP contribution is 2.36. The molecule has 0 fully saturated rings. The number of benzene rings is 6. The van der Waals surface area contributed by atoms with Crippen molar-refractivity contribution >= 4 is 54.5 Å². The topological polar surface area (TPSA) is 28.9 Å². The highest BCUT2D eigenvalue weighted by atomic mass is 16.3. The number of nitrogens with one attached hydrogen (secondary N) is 1. The van der Waals surface area contributed by atoms with Crippen molar-refractivity contribution in [2.24, 2.45) is 0 Å². The van der Waals surface area contributed by atoms with Crippen LogP contribution in [-0.4, -0.2) is 4.98 Å². The molecule has 0 aliphatic rings. The van der Waals surface area contributed by atoms with E-state index in [2.05, 4.69) is 114 Å². The first-order valence-corrected chi connectivity index (χ1v) is 12.3. The molecular formula is C34H21NO. The molecule has 0 aliphatic heterocycles. The third-order valence-electron chi connectivity index (χ3n) is 7.42. The maximum atomic E-state index is 6.00. The van der Waals surface area contributed by atoms with Gasteiger partial charge in [-0.1, -0.05) is 84.9 Å². The average Bonchev–Trinajstić information content (AvgIpc) is 3.51. The molecule has 0 amide bonds. The van der Waals surface area contributed by atoms with Crippen molar-refractivity contribution in [3.8, 4) is 22.3 Å². The lowest BCUT2D eigenvalue weighted by Crippen LogP contribution is -1.81. The van der Waals surface area contributed by atoms with Gasteiger partial charge in [-0.25, -0.2) is 0 Å². The highest BCUT2D eigenvalue weighted by Gasteiger charge is 2.11. The number of H-pyrrole nitrogens is 1. The predicted octanol–water partition coefficient (Wildman–Crippen LogP) is 9.71. The lowest BCUT2D eigenvalue weighted by atomic mass is 9.97. The first-order chi connectivity index (χ1) is 17.8. The minimum absolute atomic E-state index is 0.927. The van der Waals surface area contributed by atoms with Crippen LogP contribution in [0.3, 0.4) is 0 Å². The van der Waals surface area contributed by atoms with E-state index in [9.17, 15) is 0 Å². The zero-order valence-electron chi connectivity index (χ0n) is 19.5. The van der Waals surface area contributed by atoms with Crippen LogP contribution in [-0.2, 0) is 0 Å². The molecular weight excluding hydrogens is 438 g/mol. The van der Waals surface area contributed by atoms with Gasteiger partial charge in [-0.3, -0.25) is 0 Å². The van der Waals surface area contributed by atoms with Gasteiger partial charge in [0, 0.05) is 32.6 Å². The molecule has 0 saturated carbocycles. The Hall–Kier alpha value is -4.82. The summed E-state index contributed by atoms with van der Waals surface area (Å²) in [6.45, 7) is 0. The first kappa shape index (κ1) is 19.5. The van der Waals surface area contributed by atoms with E-state index in [1.54, 1.807) is 0 Å². The largest absolute Gasteiger partial charge is 0.456 e. The highest BCUT2D eigenvalue weighted by molar-refractivity contribution is 6.20. The number of para-hydroxylation sites is 1. The smallest absolute Gasteiger partial charge is 0.135 e. The second-order valence-electron chi connectivity index (χ2n) is 9.48. The van der Waals surface area contributed by atoms with Gasteiger partial charge >= 0.3 is 0 Å². The minimum atomic E-state index is 0.927.